The fraction of sp³-hybridized carbons (Fsp3) is 0.692. The van der Waals surface area contributed by atoms with Gasteiger partial charge in [0.2, 0.25) is 5.91 Å². The molecule has 0 aliphatic carbocycles. The van der Waals surface area contributed by atoms with E-state index in [1.807, 2.05) is 4.90 Å². The average Bonchev–Trinajstić information content (AvgIpc) is 2.79. The topological polar surface area (TPSA) is 46.3 Å². The Balaban J connectivity index is 1.90. The van der Waals surface area contributed by atoms with Crippen LogP contribution in [0.3, 0.4) is 0 Å². The highest BCUT2D eigenvalue weighted by atomic mass is 16.3. The van der Waals surface area contributed by atoms with E-state index in [0.29, 0.717) is 24.9 Å². The molecule has 0 spiro atoms. The van der Waals surface area contributed by atoms with Crippen LogP contribution in [0.1, 0.15) is 45.2 Å². The predicted octanol–water partition coefficient (Wildman–Crippen LogP) is 2.40. The zero-order valence-electron chi connectivity index (χ0n) is 10.6. The largest absolute Gasteiger partial charge is 0.451 e. The number of likely N-dealkylation sites (tertiary alicyclic amines) is 1. The second-order valence-electron chi connectivity index (χ2n) is 4.91. The third-order valence-corrected chi connectivity index (χ3v) is 3.56. The molecule has 17 heavy (non-hydrogen) atoms. The quantitative estimate of drug-likeness (QED) is 0.809. The lowest BCUT2D eigenvalue weighted by atomic mass is 9.97. The van der Waals surface area contributed by atoms with E-state index in [9.17, 15) is 4.79 Å². The van der Waals surface area contributed by atoms with Gasteiger partial charge in [-0.2, -0.15) is 0 Å². The fourth-order valence-electron chi connectivity index (χ4n) is 2.64. The molecule has 1 amide bonds. The highest BCUT2D eigenvalue weighted by Gasteiger charge is 2.28. The normalized spacial score (nSPS) is 24.9. The SMILES string of the molecule is CC1CCCC(C)N1C(=O)CCc1cocn1. The Morgan fingerprint density at radius 1 is 1.47 bits per heavy atom. The van der Waals surface area contributed by atoms with Crippen LogP contribution >= 0.6 is 0 Å². The summed E-state index contributed by atoms with van der Waals surface area (Å²) in [5, 5.41) is 0. The zero-order chi connectivity index (χ0) is 12.3. The van der Waals surface area contributed by atoms with Gasteiger partial charge in [-0.15, -0.1) is 0 Å². The molecule has 1 aromatic heterocycles. The van der Waals surface area contributed by atoms with Gasteiger partial charge in [0.15, 0.2) is 6.39 Å². The van der Waals surface area contributed by atoms with Gasteiger partial charge in [-0.05, 0) is 33.1 Å². The van der Waals surface area contributed by atoms with Gasteiger partial charge in [-0.25, -0.2) is 4.98 Å². The maximum atomic E-state index is 12.2. The van der Waals surface area contributed by atoms with Crippen molar-refractivity contribution < 1.29 is 9.21 Å². The van der Waals surface area contributed by atoms with E-state index in [2.05, 4.69) is 18.8 Å². The van der Waals surface area contributed by atoms with Gasteiger partial charge in [0, 0.05) is 24.9 Å². The molecule has 2 unspecified atom stereocenters. The van der Waals surface area contributed by atoms with Crippen molar-refractivity contribution in [2.24, 2.45) is 0 Å². The van der Waals surface area contributed by atoms with E-state index in [1.54, 1.807) is 6.26 Å². The molecule has 2 atom stereocenters. The Kier molecular flexibility index (Phi) is 3.82. The number of carbonyl (C=O) groups excluding carboxylic acids is 1. The van der Waals surface area contributed by atoms with Gasteiger partial charge in [0.25, 0.3) is 0 Å². The Bertz CT molecular complexity index is 352. The lowest BCUT2D eigenvalue weighted by Crippen LogP contribution is -2.47. The van der Waals surface area contributed by atoms with Crippen molar-refractivity contribution >= 4 is 5.91 Å². The van der Waals surface area contributed by atoms with Crippen LogP contribution in [0, 0.1) is 0 Å². The number of piperidine rings is 1. The molecular formula is C13H20N2O2. The summed E-state index contributed by atoms with van der Waals surface area (Å²) in [5.41, 5.74) is 0.857. The van der Waals surface area contributed by atoms with Gasteiger partial charge >= 0.3 is 0 Å². The Morgan fingerprint density at radius 3 is 2.76 bits per heavy atom. The van der Waals surface area contributed by atoms with Crippen molar-refractivity contribution in [2.45, 2.75) is 58.0 Å². The number of amides is 1. The molecule has 1 aromatic rings. The number of aromatic nitrogens is 1. The van der Waals surface area contributed by atoms with Crippen LogP contribution in [0.15, 0.2) is 17.1 Å². The zero-order valence-corrected chi connectivity index (χ0v) is 10.6. The van der Waals surface area contributed by atoms with Crippen LogP contribution in [0.25, 0.3) is 0 Å². The first-order valence-corrected chi connectivity index (χ1v) is 6.36. The molecular weight excluding hydrogens is 216 g/mol. The molecule has 4 heteroatoms. The van der Waals surface area contributed by atoms with E-state index in [4.69, 9.17) is 4.42 Å². The van der Waals surface area contributed by atoms with Gasteiger partial charge in [0.05, 0.1) is 5.69 Å². The van der Waals surface area contributed by atoms with Crippen LogP contribution in [0.4, 0.5) is 0 Å². The smallest absolute Gasteiger partial charge is 0.223 e. The van der Waals surface area contributed by atoms with E-state index >= 15 is 0 Å². The van der Waals surface area contributed by atoms with Crippen LogP contribution in [0.5, 0.6) is 0 Å². The Hall–Kier alpha value is -1.32. The number of aryl methyl sites for hydroxylation is 1. The van der Waals surface area contributed by atoms with Gasteiger partial charge < -0.3 is 9.32 Å². The third kappa shape index (κ3) is 2.87. The first-order valence-electron chi connectivity index (χ1n) is 6.36. The minimum absolute atomic E-state index is 0.243. The maximum absolute atomic E-state index is 12.2. The molecule has 2 rings (SSSR count). The number of rotatable bonds is 3. The maximum Gasteiger partial charge on any atom is 0.223 e. The van der Waals surface area contributed by atoms with E-state index in [0.717, 1.165) is 18.5 Å². The average molecular weight is 236 g/mol. The molecule has 0 N–H and O–H groups in total. The van der Waals surface area contributed by atoms with E-state index < -0.39 is 0 Å². The molecule has 94 valence electrons. The van der Waals surface area contributed by atoms with Gasteiger partial charge in [-0.1, -0.05) is 0 Å². The monoisotopic (exact) mass is 236 g/mol. The second kappa shape index (κ2) is 5.34. The third-order valence-electron chi connectivity index (χ3n) is 3.56. The number of carbonyl (C=O) groups is 1. The summed E-state index contributed by atoms with van der Waals surface area (Å²) in [6, 6.07) is 0.757. The lowest BCUT2D eigenvalue weighted by molar-refractivity contribution is -0.137. The molecule has 0 bridgehead atoms. The first-order chi connectivity index (χ1) is 8.18. The number of hydrogen-bond acceptors (Lipinski definition) is 3. The molecule has 1 aliphatic heterocycles. The second-order valence-corrected chi connectivity index (χ2v) is 4.91. The van der Waals surface area contributed by atoms with E-state index in [1.165, 1.54) is 12.8 Å². The van der Waals surface area contributed by atoms with Gasteiger partial charge in [-0.3, -0.25) is 4.79 Å². The van der Waals surface area contributed by atoms with Crippen molar-refractivity contribution in [2.75, 3.05) is 0 Å². The fourth-order valence-corrected chi connectivity index (χ4v) is 2.64. The molecule has 2 heterocycles. The summed E-state index contributed by atoms with van der Waals surface area (Å²) < 4.78 is 4.90. The number of oxazole rings is 1. The van der Waals surface area contributed by atoms with Crippen molar-refractivity contribution in [3.8, 4) is 0 Å². The molecule has 0 aromatic carbocycles. The molecule has 1 fully saturated rings. The molecule has 0 saturated carbocycles. The Morgan fingerprint density at radius 2 is 2.18 bits per heavy atom. The summed E-state index contributed by atoms with van der Waals surface area (Å²) in [4.78, 5) is 18.3. The molecule has 1 saturated heterocycles. The minimum Gasteiger partial charge on any atom is -0.451 e. The van der Waals surface area contributed by atoms with E-state index in [-0.39, 0.29) is 5.91 Å². The Labute approximate surface area is 102 Å². The highest BCUT2D eigenvalue weighted by molar-refractivity contribution is 5.77. The van der Waals surface area contributed by atoms with Crippen LogP contribution in [-0.2, 0) is 11.2 Å². The van der Waals surface area contributed by atoms with Crippen LogP contribution in [0.2, 0.25) is 0 Å². The summed E-state index contributed by atoms with van der Waals surface area (Å²) in [7, 11) is 0. The minimum atomic E-state index is 0.243. The summed E-state index contributed by atoms with van der Waals surface area (Å²) >= 11 is 0. The van der Waals surface area contributed by atoms with Crippen molar-refractivity contribution in [1.82, 2.24) is 9.88 Å². The van der Waals surface area contributed by atoms with Crippen LogP contribution in [-0.4, -0.2) is 27.9 Å². The summed E-state index contributed by atoms with van der Waals surface area (Å²) in [6.07, 6.45) is 7.70. The van der Waals surface area contributed by atoms with Crippen LogP contribution < -0.4 is 0 Å². The molecule has 1 aliphatic rings. The van der Waals surface area contributed by atoms with Crippen molar-refractivity contribution in [3.63, 3.8) is 0 Å². The summed E-state index contributed by atoms with van der Waals surface area (Å²) in [5.74, 6) is 0.243. The predicted molar refractivity (Wildman–Crippen MR) is 64.4 cm³/mol. The first kappa shape index (κ1) is 12.1. The lowest BCUT2D eigenvalue weighted by Gasteiger charge is -2.39. The molecule has 0 radical (unpaired) electrons. The summed E-state index contributed by atoms with van der Waals surface area (Å²) in [6.45, 7) is 4.29. The highest BCUT2D eigenvalue weighted by Crippen LogP contribution is 2.23. The number of nitrogens with zero attached hydrogens (tertiary/aromatic N) is 2. The van der Waals surface area contributed by atoms with Crippen molar-refractivity contribution in [3.05, 3.63) is 18.4 Å². The molecule has 4 nitrogen and oxygen atoms in total. The van der Waals surface area contributed by atoms with Crippen molar-refractivity contribution in [1.29, 1.82) is 0 Å². The number of hydrogen-bond donors (Lipinski definition) is 0. The van der Waals surface area contributed by atoms with Gasteiger partial charge in [0.1, 0.15) is 6.26 Å². The standard InChI is InChI=1S/C13H20N2O2/c1-10-4-3-5-11(2)15(10)13(16)7-6-12-8-17-9-14-12/h8-11H,3-7H2,1-2H3.